The minimum Gasteiger partial charge on any atom is -0.475 e. The molecule has 0 radical (unpaired) electrons. The van der Waals surface area contributed by atoms with Gasteiger partial charge >= 0.3 is 12.1 Å². The third-order valence-corrected chi connectivity index (χ3v) is 5.69. The van der Waals surface area contributed by atoms with E-state index in [1.165, 1.54) is 30.4 Å². The molecular weight excluding hydrogens is 439 g/mol. The van der Waals surface area contributed by atoms with Crippen molar-refractivity contribution in [1.82, 2.24) is 15.5 Å². The third-order valence-electron chi connectivity index (χ3n) is 5.69. The topological polar surface area (TPSA) is 98.7 Å². The molecule has 2 heterocycles. The van der Waals surface area contributed by atoms with Gasteiger partial charge in [0.2, 0.25) is 5.91 Å². The van der Waals surface area contributed by atoms with Gasteiger partial charge in [0, 0.05) is 31.5 Å². The smallest absolute Gasteiger partial charge is 0.475 e. The first-order valence-corrected chi connectivity index (χ1v) is 11.3. The van der Waals surface area contributed by atoms with E-state index in [1.54, 1.807) is 0 Å². The number of carbonyl (C=O) groups excluding carboxylic acids is 2. The molecule has 0 aliphatic carbocycles. The van der Waals surface area contributed by atoms with Gasteiger partial charge in [0.25, 0.3) is 0 Å². The van der Waals surface area contributed by atoms with E-state index in [2.05, 4.69) is 21.6 Å². The zero-order valence-electron chi connectivity index (χ0n) is 18.7. The predicted octanol–water partition coefficient (Wildman–Crippen LogP) is 2.57. The number of piperidine rings is 1. The van der Waals surface area contributed by atoms with Gasteiger partial charge in [-0.2, -0.15) is 13.2 Å². The molecule has 3 N–H and O–H groups in total. The molecule has 1 saturated heterocycles. The van der Waals surface area contributed by atoms with E-state index in [0.29, 0.717) is 6.54 Å². The summed E-state index contributed by atoms with van der Waals surface area (Å²) in [6, 6.07) is 6.02. The number of ketones is 1. The second kappa shape index (κ2) is 13.3. The summed E-state index contributed by atoms with van der Waals surface area (Å²) in [6.07, 6.45) is 1.31. The number of nitrogens with zero attached hydrogens (tertiary/aromatic N) is 1. The van der Waals surface area contributed by atoms with Crippen LogP contribution in [0.4, 0.5) is 13.2 Å². The molecule has 1 aromatic carbocycles. The Bertz CT molecular complexity index is 809. The molecule has 0 spiro atoms. The van der Waals surface area contributed by atoms with Crippen LogP contribution in [0.1, 0.15) is 53.6 Å². The molecule has 3 rings (SSSR count). The van der Waals surface area contributed by atoms with Crippen molar-refractivity contribution in [1.29, 1.82) is 0 Å². The van der Waals surface area contributed by atoms with Gasteiger partial charge in [-0.25, -0.2) is 4.79 Å². The van der Waals surface area contributed by atoms with Crippen LogP contribution in [0.3, 0.4) is 0 Å². The maximum atomic E-state index is 12.4. The van der Waals surface area contributed by atoms with E-state index in [-0.39, 0.29) is 24.5 Å². The van der Waals surface area contributed by atoms with Crippen LogP contribution in [-0.2, 0) is 22.4 Å². The van der Waals surface area contributed by atoms with E-state index in [0.717, 1.165) is 51.1 Å². The van der Waals surface area contributed by atoms with E-state index in [9.17, 15) is 22.8 Å². The van der Waals surface area contributed by atoms with Gasteiger partial charge in [-0.1, -0.05) is 18.6 Å². The largest absolute Gasteiger partial charge is 0.490 e. The van der Waals surface area contributed by atoms with Crippen LogP contribution in [0.15, 0.2) is 18.2 Å². The molecule has 1 amide bonds. The highest BCUT2D eigenvalue weighted by Crippen LogP contribution is 2.17. The second-order valence-electron chi connectivity index (χ2n) is 8.21. The number of carboxylic acids is 1. The summed E-state index contributed by atoms with van der Waals surface area (Å²) in [5.41, 5.74) is 3.35. The van der Waals surface area contributed by atoms with Gasteiger partial charge in [-0.05, 0) is 69.1 Å². The zero-order valence-corrected chi connectivity index (χ0v) is 18.7. The monoisotopic (exact) mass is 471 g/mol. The summed E-state index contributed by atoms with van der Waals surface area (Å²) in [5.74, 6) is -2.71. The van der Waals surface area contributed by atoms with Crippen molar-refractivity contribution in [2.45, 2.75) is 51.1 Å². The maximum Gasteiger partial charge on any atom is 0.490 e. The number of fused-ring (bicyclic) bond motifs is 1. The van der Waals surface area contributed by atoms with Gasteiger partial charge in [0.05, 0.1) is 0 Å². The Kier molecular flexibility index (Phi) is 10.8. The molecule has 33 heavy (non-hydrogen) atoms. The van der Waals surface area contributed by atoms with Crippen molar-refractivity contribution in [2.24, 2.45) is 0 Å². The van der Waals surface area contributed by atoms with Gasteiger partial charge in [0.15, 0.2) is 5.78 Å². The van der Waals surface area contributed by atoms with Crippen LogP contribution < -0.4 is 10.6 Å². The standard InChI is InChI=1S/C21H31N3O2.C2HF3O2/c25-20(19-5-4-17-8-10-22-11-9-18(17)16-19)6-7-21(26)23-12-15-24-13-2-1-3-14-24;3-2(4,5)1(6)7/h4-5,16,22H,1-3,6-15H2,(H,23,26);(H,6,7). The number of carbonyl (C=O) groups is 3. The number of Topliss-reactive ketones (excluding diaryl/α,β-unsaturated/α-hetero) is 1. The number of benzene rings is 1. The highest BCUT2D eigenvalue weighted by Gasteiger charge is 2.38. The third kappa shape index (κ3) is 9.91. The fourth-order valence-corrected chi connectivity index (χ4v) is 3.84. The number of halogens is 3. The van der Waals surface area contributed by atoms with Crippen LogP contribution in [-0.4, -0.2) is 73.1 Å². The molecule has 0 atom stereocenters. The summed E-state index contributed by atoms with van der Waals surface area (Å²) in [4.78, 5) is 35.7. The number of hydrogen-bond donors (Lipinski definition) is 3. The molecule has 10 heteroatoms. The zero-order chi connectivity index (χ0) is 24.3. The SMILES string of the molecule is O=C(CCC(=O)c1ccc2c(c1)CCNCC2)NCCN1CCCCC1.O=C(O)C(F)(F)F. The molecule has 1 aromatic rings. The normalized spacial score (nSPS) is 16.6. The van der Waals surface area contributed by atoms with Crippen molar-refractivity contribution < 1.29 is 32.7 Å². The first-order chi connectivity index (χ1) is 15.7. The van der Waals surface area contributed by atoms with Crippen molar-refractivity contribution in [3.63, 3.8) is 0 Å². The molecular formula is C23H32F3N3O4. The van der Waals surface area contributed by atoms with E-state index in [4.69, 9.17) is 9.90 Å². The van der Waals surface area contributed by atoms with Crippen LogP contribution in [0, 0.1) is 0 Å². The molecule has 0 saturated carbocycles. The Morgan fingerprint density at radius 1 is 1.00 bits per heavy atom. The number of carboxylic acid groups (broad SMARTS) is 1. The summed E-state index contributed by atoms with van der Waals surface area (Å²) < 4.78 is 31.7. The number of amides is 1. The Labute approximate surface area is 191 Å². The number of likely N-dealkylation sites (tertiary alicyclic amines) is 1. The van der Waals surface area contributed by atoms with E-state index >= 15 is 0 Å². The molecule has 0 bridgehead atoms. The lowest BCUT2D eigenvalue weighted by atomic mass is 9.97. The van der Waals surface area contributed by atoms with Gasteiger partial charge in [0.1, 0.15) is 0 Å². The number of hydrogen-bond acceptors (Lipinski definition) is 5. The van der Waals surface area contributed by atoms with Crippen LogP contribution in [0.5, 0.6) is 0 Å². The van der Waals surface area contributed by atoms with Crippen molar-refractivity contribution in [3.05, 3.63) is 34.9 Å². The lowest BCUT2D eigenvalue weighted by Crippen LogP contribution is -2.37. The Hall–Kier alpha value is -2.46. The van der Waals surface area contributed by atoms with Gasteiger partial charge < -0.3 is 20.6 Å². The summed E-state index contributed by atoms with van der Waals surface area (Å²) >= 11 is 0. The number of rotatable bonds is 7. The summed E-state index contributed by atoms with van der Waals surface area (Å²) in [5, 5.41) is 13.5. The summed E-state index contributed by atoms with van der Waals surface area (Å²) in [7, 11) is 0. The number of nitrogens with one attached hydrogen (secondary N) is 2. The summed E-state index contributed by atoms with van der Waals surface area (Å²) in [6.45, 7) is 5.84. The Balaban J connectivity index is 0.000000479. The molecule has 2 aliphatic rings. The fourth-order valence-electron chi connectivity index (χ4n) is 3.84. The second-order valence-corrected chi connectivity index (χ2v) is 8.21. The Morgan fingerprint density at radius 2 is 1.64 bits per heavy atom. The quantitative estimate of drug-likeness (QED) is 0.529. The molecule has 0 aromatic heterocycles. The average Bonchev–Trinajstić information content (AvgIpc) is 3.03. The highest BCUT2D eigenvalue weighted by molar-refractivity contribution is 5.98. The first-order valence-electron chi connectivity index (χ1n) is 11.3. The Morgan fingerprint density at radius 3 is 2.27 bits per heavy atom. The van der Waals surface area contributed by atoms with E-state index in [1.807, 2.05) is 12.1 Å². The molecule has 7 nitrogen and oxygen atoms in total. The lowest BCUT2D eigenvalue weighted by Gasteiger charge is -2.26. The minimum absolute atomic E-state index is 0.0191. The maximum absolute atomic E-state index is 12.4. The molecule has 184 valence electrons. The van der Waals surface area contributed by atoms with Crippen molar-refractivity contribution >= 4 is 17.7 Å². The average molecular weight is 472 g/mol. The molecule has 2 aliphatic heterocycles. The first kappa shape index (κ1) is 26.8. The van der Waals surface area contributed by atoms with Crippen LogP contribution >= 0.6 is 0 Å². The van der Waals surface area contributed by atoms with Gasteiger partial charge in [-0.15, -0.1) is 0 Å². The van der Waals surface area contributed by atoms with Gasteiger partial charge in [-0.3, -0.25) is 9.59 Å². The number of aliphatic carboxylic acids is 1. The van der Waals surface area contributed by atoms with Crippen LogP contribution in [0.25, 0.3) is 0 Å². The fraction of sp³-hybridized carbons (Fsp3) is 0.609. The van der Waals surface area contributed by atoms with Crippen molar-refractivity contribution in [3.8, 4) is 0 Å². The van der Waals surface area contributed by atoms with E-state index < -0.39 is 12.1 Å². The number of alkyl halides is 3. The minimum atomic E-state index is -5.08. The highest BCUT2D eigenvalue weighted by atomic mass is 19.4. The van der Waals surface area contributed by atoms with Crippen molar-refractivity contribution in [2.75, 3.05) is 39.3 Å². The van der Waals surface area contributed by atoms with Crippen LogP contribution in [0.2, 0.25) is 0 Å². The molecule has 1 fully saturated rings. The predicted molar refractivity (Wildman–Crippen MR) is 117 cm³/mol. The molecule has 0 unspecified atom stereocenters. The lowest BCUT2D eigenvalue weighted by molar-refractivity contribution is -0.192.